The van der Waals surface area contributed by atoms with Gasteiger partial charge in [0.05, 0.1) is 29.5 Å². The average Bonchev–Trinajstić information content (AvgIpc) is 3.25. The van der Waals surface area contributed by atoms with Crippen molar-refractivity contribution in [2.24, 2.45) is 21.9 Å². The lowest BCUT2D eigenvalue weighted by Gasteiger charge is -2.67. The zero-order chi connectivity index (χ0) is 47.1. The molecule has 19 heteroatoms. The number of aliphatic hydroxyl groups excluding tert-OH is 2. The summed E-state index contributed by atoms with van der Waals surface area (Å²) in [5.41, 5.74) is 1.40. The molecule has 6 rings (SSSR count). The summed E-state index contributed by atoms with van der Waals surface area (Å²) in [5.74, 6) is -6.40. The lowest BCUT2D eigenvalue weighted by atomic mass is 9.44. The Morgan fingerprint density at radius 1 is 1.03 bits per heavy atom. The third-order valence-electron chi connectivity index (χ3n) is 13.6. The number of carbonyl (C=O) groups is 6. The third-order valence-corrected chi connectivity index (χ3v) is 13.6. The van der Waals surface area contributed by atoms with Gasteiger partial charge in [-0.2, -0.15) is 0 Å². The number of esters is 3. The monoisotopic (exact) mass is 887 g/mol. The van der Waals surface area contributed by atoms with Gasteiger partial charge in [-0.3, -0.25) is 14.4 Å². The molecule has 0 unspecified atom stereocenters. The molecule has 342 valence electrons. The van der Waals surface area contributed by atoms with Crippen molar-refractivity contribution in [1.29, 1.82) is 0 Å². The fraction of sp³-hybridized carbons (Fsp3) is 0.511. The number of fused-ring (bicyclic) bond motifs is 5. The molecule has 1 aliphatic heterocycles. The fourth-order valence-electron chi connectivity index (χ4n) is 10.0. The third kappa shape index (κ3) is 7.91. The highest BCUT2D eigenvalue weighted by molar-refractivity contribution is 5.95. The zero-order valence-corrected chi connectivity index (χ0v) is 36.7. The molecule has 3 fully saturated rings. The number of benzene rings is 2. The summed E-state index contributed by atoms with van der Waals surface area (Å²) in [5, 5.41) is 46.4. The van der Waals surface area contributed by atoms with Gasteiger partial charge in [-0.25, -0.2) is 14.4 Å². The van der Waals surface area contributed by atoms with Crippen LogP contribution in [-0.2, 0) is 42.9 Å². The van der Waals surface area contributed by atoms with Gasteiger partial charge in [0.2, 0.25) is 5.91 Å². The molecule has 2 aromatic rings. The number of rotatable bonds is 11. The van der Waals surface area contributed by atoms with Gasteiger partial charge in [-0.05, 0) is 62.1 Å². The summed E-state index contributed by atoms with van der Waals surface area (Å²) in [6.45, 7) is 9.78. The average molecular weight is 888 g/mol. The van der Waals surface area contributed by atoms with Crippen LogP contribution >= 0.6 is 0 Å². The highest BCUT2D eigenvalue weighted by Crippen LogP contribution is 2.64. The van der Waals surface area contributed by atoms with Crippen LogP contribution in [-0.4, -0.2) is 112 Å². The van der Waals surface area contributed by atoms with E-state index in [4.69, 9.17) is 29.2 Å². The van der Waals surface area contributed by atoms with E-state index in [0.717, 1.165) is 6.92 Å². The lowest BCUT2D eigenvalue weighted by molar-refractivity contribution is -0.345. The normalized spacial score (nSPS) is 31.4. The van der Waals surface area contributed by atoms with Crippen LogP contribution in [0.1, 0.15) is 83.3 Å². The summed E-state index contributed by atoms with van der Waals surface area (Å²) in [6.07, 6.45) is -10.5. The van der Waals surface area contributed by atoms with Crippen molar-refractivity contribution < 1.29 is 67.8 Å². The Hall–Kier alpha value is -6.11. The number of allylic oxidation sites excluding steroid dienone is 1. The van der Waals surface area contributed by atoms with Crippen LogP contribution in [0.15, 0.2) is 82.5 Å². The number of hydrogen-bond acceptors (Lipinski definition) is 15. The van der Waals surface area contributed by atoms with E-state index in [0.29, 0.717) is 11.1 Å². The number of alkyl carbamates (subject to hydrolysis) is 1. The summed E-state index contributed by atoms with van der Waals surface area (Å²) >= 11 is 0. The minimum Gasteiger partial charge on any atom is -0.456 e. The van der Waals surface area contributed by atoms with E-state index >= 15 is 4.79 Å². The first-order chi connectivity index (χ1) is 30.1. The molecule has 19 nitrogen and oxygen atoms in total. The molecule has 0 radical (unpaired) electrons. The highest BCUT2D eigenvalue weighted by Gasteiger charge is 2.78. The molecule has 2 saturated carbocycles. The van der Waals surface area contributed by atoms with Crippen LogP contribution in [0, 0.1) is 16.7 Å². The van der Waals surface area contributed by atoms with Gasteiger partial charge >= 0.3 is 24.0 Å². The molecule has 5 N–H and O–H groups in total. The molecule has 1 heterocycles. The lowest BCUT2D eigenvalue weighted by Crippen LogP contribution is -2.82. The van der Waals surface area contributed by atoms with Gasteiger partial charge in [0.25, 0.3) is 0 Å². The second-order valence-electron chi connectivity index (χ2n) is 17.4. The number of aliphatic hydroxyl groups is 3. The van der Waals surface area contributed by atoms with Gasteiger partial charge in [0, 0.05) is 48.4 Å². The number of azide groups is 1. The molecule has 3 aliphatic carbocycles. The first kappa shape index (κ1) is 47.4. The zero-order valence-electron chi connectivity index (χ0n) is 36.7. The number of hydrogen-bond donors (Lipinski definition) is 5. The standard InChI is InChI=1S/C45H53N5O14/c1-9-22(2)38(55)48-32(25-14-11-10-12-15-25)34(53)40(57)61-28-20-45(59)37(63-39(56)26-16-13-17-27(18-26)49-50-46)35-43(7,36(54)33(52)31(23(28)3)42(45,5)6)29(62-41(58)47-8)19-30-44(35,21-60-30)64-24(4)51/h9-18,28-30,32-35,37,52-53,59H,19-21H2,1-8H3,(H,47,58)(H,48,55)/b22-9+/t28-,29-,30+,32-,33+,34+,35-,37-,43+,44-,45+/m0/s1. The Bertz CT molecular complexity index is 2340. The summed E-state index contributed by atoms with van der Waals surface area (Å²) in [6, 6.07) is 12.3. The van der Waals surface area contributed by atoms with E-state index in [9.17, 15) is 39.3 Å². The Labute approximate surface area is 368 Å². The predicted octanol–water partition coefficient (Wildman–Crippen LogP) is 4.12. The van der Waals surface area contributed by atoms with Gasteiger partial charge in [0.1, 0.15) is 36.1 Å². The van der Waals surface area contributed by atoms with Crippen molar-refractivity contribution in [2.75, 3.05) is 13.7 Å². The maximum absolute atomic E-state index is 15.4. The van der Waals surface area contributed by atoms with Crippen LogP contribution in [0.4, 0.5) is 10.5 Å². The van der Waals surface area contributed by atoms with Crippen molar-refractivity contribution in [2.45, 2.75) is 115 Å². The Morgan fingerprint density at radius 3 is 2.31 bits per heavy atom. The minimum absolute atomic E-state index is 0.0345. The second kappa shape index (κ2) is 17.8. The number of ether oxygens (including phenoxy) is 5. The summed E-state index contributed by atoms with van der Waals surface area (Å²) < 4.78 is 30.3. The predicted molar refractivity (Wildman–Crippen MR) is 224 cm³/mol. The van der Waals surface area contributed by atoms with Gasteiger partial charge < -0.3 is 49.6 Å². The molecule has 2 aromatic carbocycles. The topological polar surface area (TPSA) is 282 Å². The number of amides is 2. The SMILES string of the molecule is C/C=C(\C)C(=O)N[C@@H](c1ccccc1)[C@@H](O)C(=O)O[C@H]1C[C@@]2(O)[C@@H](OC(=O)c3cccc(N=[N+]=[N-])c3)[C@@H]3[C@]4(OC(C)=O)CO[C@@H]4C[C@H](OC(=O)NC)[C@@]3(C)C(=O)[C@H](O)C(=C1C)C2(C)C. The maximum atomic E-state index is 15.4. The van der Waals surface area contributed by atoms with E-state index < -0.39 is 113 Å². The number of Topliss-reactive ketones (excluding diaryl/α,β-unsaturated/α-hetero) is 1. The second-order valence-corrected chi connectivity index (χ2v) is 17.4. The van der Waals surface area contributed by atoms with Crippen molar-refractivity contribution >= 4 is 41.4 Å². The Morgan fingerprint density at radius 2 is 1.72 bits per heavy atom. The maximum Gasteiger partial charge on any atom is 0.407 e. The van der Waals surface area contributed by atoms with Crippen molar-refractivity contribution in [3.05, 3.63) is 99.0 Å². The first-order valence-corrected chi connectivity index (χ1v) is 20.7. The summed E-state index contributed by atoms with van der Waals surface area (Å²) in [4.78, 5) is 86.1. The van der Waals surface area contributed by atoms with E-state index in [1.54, 1.807) is 50.3 Å². The molecule has 11 atom stereocenters. The summed E-state index contributed by atoms with van der Waals surface area (Å²) in [7, 11) is 1.29. The molecule has 64 heavy (non-hydrogen) atoms. The number of nitrogens with zero attached hydrogens (tertiary/aromatic N) is 3. The Kier molecular flexibility index (Phi) is 13.2. The van der Waals surface area contributed by atoms with Crippen LogP contribution in [0.25, 0.3) is 10.4 Å². The van der Waals surface area contributed by atoms with Crippen LogP contribution in [0.3, 0.4) is 0 Å². The van der Waals surface area contributed by atoms with Crippen molar-refractivity contribution in [1.82, 2.24) is 10.6 Å². The van der Waals surface area contributed by atoms with Crippen LogP contribution < -0.4 is 10.6 Å². The van der Waals surface area contributed by atoms with Gasteiger partial charge in [-0.1, -0.05) is 67.5 Å². The number of carbonyl (C=O) groups excluding carboxylic acids is 6. The molecule has 4 aliphatic rings. The largest absolute Gasteiger partial charge is 0.456 e. The molecule has 1 saturated heterocycles. The first-order valence-electron chi connectivity index (χ1n) is 20.7. The molecular formula is C45H53N5O14. The van der Waals surface area contributed by atoms with Crippen molar-refractivity contribution in [3.8, 4) is 0 Å². The molecule has 0 spiro atoms. The van der Waals surface area contributed by atoms with E-state index in [1.165, 1.54) is 59.0 Å². The van der Waals surface area contributed by atoms with Gasteiger partial charge in [-0.15, -0.1) is 0 Å². The molecule has 2 bridgehead atoms. The van der Waals surface area contributed by atoms with Crippen LogP contribution in [0.5, 0.6) is 0 Å². The van der Waals surface area contributed by atoms with E-state index in [2.05, 4.69) is 20.7 Å². The minimum atomic E-state index is -2.48. The smallest absolute Gasteiger partial charge is 0.407 e. The fourth-order valence-corrected chi connectivity index (χ4v) is 10.0. The highest BCUT2D eigenvalue weighted by atomic mass is 16.6. The van der Waals surface area contributed by atoms with Crippen molar-refractivity contribution in [3.63, 3.8) is 0 Å². The van der Waals surface area contributed by atoms with E-state index in [1.807, 2.05) is 0 Å². The van der Waals surface area contributed by atoms with Crippen LogP contribution in [0.2, 0.25) is 0 Å². The molecule has 2 amide bonds. The number of nitrogens with one attached hydrogen (secondary N) is 2. The number of ketones is 1. The Balaban J connectivity index is 1.56. The quantitative estimate of drug-likeness (QED) is 0.0404. The van der Waals surface area contributed by atoms with E-state index in [-0.39, 0.29) is 35.4 Å². The van der Waals surface area contributed by atoms with Gasteiger partial charge in [0.15, 0.2) is 17.5 Å². The molecule has 0 aromatic heterocycles. The molecular weight excluding hydrogens is 835 g/mol.